The molecule has 0 fully saturated rings. The first-order chi connectivity index (χ1) is 15.4. The Morgan fingerprint density at radius 2 is 1.06 bits per heavy atom. The van der Waals surface area contributed by atoms with E-state index < -0.39 is 10.0 Å². The van der Waals surface area contributed by atoms with Crippen LogP contribution in [0.25, 0.3) is 0 Å². The molecule has 2 rings (SSSR count). The number of primary sulfonamides is 1. The van der Waals surface area contributed by atoms with Crippen LogP contribution in [0.2, 0.25) is 5.02 Å². The fraction of sp³-hybridized carbons (Fsp3) is 0.571. The zero-order valence-electron chi connectivity index (χ0n) is 21.8. The molecule has 0 amide bonds. The SMILES string of the molecule is CCC(C)c1cc(Cl)c(C(C)CC)c(S(N)(=O)=O)c1.CCC(C)c1ccc(C(C)CC)cc1. The number of hydrogen-bond acceptors (Lipinski definition) is 2. The maximum atomic E-state index is 11.8. The van der Waals surface area contributed by atoms with Crippen LogP contribution in [0.1, 0.15) is 127 Å². The summed E-state index contributed by atoms with van der Waals surface area (Å²) in [6.07, 6.45) is 4.18. The first-order valence-corrected chi connectivity index (χ1v) is 14.3. The first kappa shape index (κ1) is 29.7. The lowest BCUT2D eigenvalue weighted by atomic mass is 9.93. The van der Waals surface area contributed by atoms with Crippen molar-refractivity contribution in [3.8, 4) is 0 Å². The predicted octanol–water partition coefficient (Wildman–Crippen LogP) is 8.73. The van der Waals surface area contributed by atoms with Crippen molar-refractivity contribution in [1.29, 1.82) is 0 Å². The minimum atomic E-state index is -3.76. The third-order valence-corrected chi connectivity index (χ3v) is 8.27. The molecule has 5 heteroatoms. The van der Waals surface area contributed by atoms with Gasteiger partial charge in [-0.1, -0.05) is 91.3 Å². The van der Waals surface area contributed by atoms with Gasteiger partial charge in [0, 0.05) is 5.02 Å². The summed E-state index contributed by atoms with van der Waals surface area (Å²) in [5.74, 6) is 1.71. The molecule has 0 aliphatic carbocycles. The van der Waals surface area contributed by atoms with Crippen LogP contribution in [0.3, 0.4) is 0 Å². The van der Waals surface area contributed by atoms with Crippen molar-refractivity contribution in [1.82, 2.24) is 0 Å². The Kier molecular flexibility index (Phi) is 12.1. The average Bonchev–Trinajstić information content (AvgIpc) is 2.81. The number of rotatable bonds is 9. The molecule has 0 saturated heterocycles. The van der Waals surface area contributed by atoms with Gasteiger partial charge in [-0.05, 0) is 83.7 Å². The van der Waals surface area contributed by atoms with Gasteiger partial charge in [-0.2, -0.15) is 0 Å². The fourth-order valence-corrected chi connectivity index (χ4v) is 5.06. The van der Waals surface area contributed by atoms with E-state index in [1.807, 2.05) is 26.8 Å². The molecule has 4 unspecified atom stereocenters. The Labute approximate surface area is 208 Å². The van der Waals surface area contributed by atoms with Crippen LogP contribution < -0.4 is 5.14 Å². The second-order valence-corrected chi connectivity index (χ2v) is 11.3. The average molecular weight is 494 g/mol. The lowest BCUT2D eigenvalue weighted by molar-refractivity contribution is 0.593. The molecule has 0 spiro atoms. The minimum absolute atomic E-state index is 0.0619. The van der Waals surface area contributed by atoms with Crippen LogP contribution in [0.5, 0.6) is 0 Å². The Balaban J connectivity index is 0.000000346. The highest BCUT2D eigenvalue weighted by Crippen LogP contribution is 2.36. The second kappa shape index (κ2) is 13.5. The molecule has 2 aromatic carbocycles. The molecule has 0 heterocycles. The summed E-state index contributed by atoms with van der Waals surface area (Å²) in [7, 11) is -3.76. The topological polar surface area (TPSA) is 60.2 Å². The summed E-state index contributed by atoms with van der Waals surface area (Å²) in [6, 6.07) is 12.7. The standard InChI is InChI=1S/C14H22ClNO2S.C14H22/c1-5-9(3)11-7-12(15)14(10(4)6-2)13(8-11)19(16,17)18;1-5-11(3)13-7-9-14(10-8-13)12(4)6-2/h7-10H,5-6H2,1-4H3,(H2,16,17,18);7-12H,5-6H2,1-4H3. The van der Waals surface area contributed by atoms with Crippen LogP contribution in [0.15, 0.2) is 41.3 Å². The van der Waals surface area contributed by atoms with Gasteiger partial charge in [0.25, 0.3) is 0 Å². The van der Waals surface area contributed by atoms with E-state index in [9.17, 15) is 8.42 Å². The maximum Gasteiger partial charge on any atom is 0.238 e. The maximum absolute atomic E-state index is 11.8. The largest absolute Gasteiger partial charge is 0.238 e. The van der Waals surface area contributed by atoms with E-state index in [1.165, 1.54) is 24.0 Å². The van der Waals surface area contributed by atoms with Crippen LogP contribution in [0, 0.1) is 0 Å². The summed E-state index contributed by atoms with van der Waals surface area (Å²) >= 11 is 6.30. The van der Waals surface area contributed by atoms with Crippen LogP contribution in [-0.4, -0.2) is 8.42 Å². The summed E-state index contributed by atoms with van der Waals surface area (Å²) in [5, 5.41) is 5.84. The quantitative estimate of drug-likeness (QED) is 0.379. The van der Waals surface area contributed by atoms with Gasteiger partial charge in [-0.3, -0.25) is 0 Å². The normalized spacial score (nSPS) is 15.2. The number of hydrogen-bond donors (Lipinski definition) is 1. The molecule has 33 heavy (non-hydrogen) atoms. The van der Waals surface area contributed by atoms with E-state index in [4.69, 9.17) is 16.7 Å². The molecule has 0 saturated carbocycles. The molecule has 3 nitrogen and oxygen atoms in total. The van der Waals surface area contributed by atoms with E-state index in [0.29, 0.717) is 22.4 Å². The molecule has 0 radical (unpaired) electrons. The zero-order valence-corrected chi connectivity index (χ0v) is 23.4. The van der Waals surface area contributed by atoms with Gasteiger partial charge in [0.15, 0.2) is 0 Å². The van der Waals surface area contributed by atoms with Crippen molar-refractivity contribution >= 4 is 21.6 Å². The first-order valence-electron chi connectivity index (χ1n) is 12.4. The van der Waals surface area contributed by atoms with Gasteiger partial charge in [0.1, 0.15) is 0 Å². The third-order valence-electron chi connectivity index (χ3n) is 7.01. The lowest BCUT2D eigenvalue weighted by Crippen LogP contribution is -2.16. The summed E-state index contributed by atoms with van der Waals surface area (Å²) in [4.78, 5) is 0.171. The highest BCUT2D eigenvalue weighted by molar-refractivity contribution is 7.89. The highest BCUT2D eigenvalue weighted by atomic mass is 35.5. The Morgan fingerprint density at radius 3 is 1.39 bits per heavy atom. The number of benzene rings is 2. The van der Waals surface area contributed by atoms with Crippen molar-refractivity contribution in [2.24, 2.45) is 5.14 Å². The van der Waals surface area contributed by atoms with Crippen LogP contribution >= 0.6 is 11.6 Å². The molecule has 0 aromatic heterocycles. The van der Waals surface area contributed by atoms with E-state index in [-0.39, 0.29) is 16.7 Å². The van der Waals surface area contributed by atoms with Crippen molar-refractivity contribution in [2.75, 3.05) is 0 Å². The molecule has 2 N–H and O–H groups in total. The van der Waals surface area contributed by atoms with Gasteiger partial charge in [-0.15, -0.1) is 0 Å². The number of sulfonamides is 1. The summed E-state index contributed by atoms with van der Waals surface area (Å²) in [6.45, 7) is 17.1. The van der Waals surface area contributed by atoms with Crippen molar-refractivity contribution in [3.63, 3.8) is 0 Å². The van der Waals surface area contributed by atoms with Crippen molar-refractivity contribution in [3.05, 3.63) is 63.7 Å². The summed E-state index contributed by atoms with van der Waals surface area (Å²) in [5.41, 5.74) is 4.50. The third kappa shape index (κ3) is 8.42. The van der Waals surface area contributed by atoms with Gasteiger partial charge >= 0.3 is 0 Å². The fourth-order valence-electron chi connectivity index (χ4n) is 3.68. The summed E-state index contributed by atoms with van der Waals surface area (Å²) < 4.78 is 23.6. The molecule has 0 bridgehead atoms. The van der Waals surface area contributed by atoms with E-state index in [2.05, 4.69) is 58.9 Å². The van der Waals surface area contributed by atoms with Gasteiger partial charge in [0.2, 0.25) is 10.0 Å². The van der Waals surface area contributed by atoms with E-state index in [0.717, 1.165) is 18.4 Å². The van der Waals surface area contributed by atoms with Gasteiger partial charge in [0.05, 0.1) is 4.90 Å². The molecular weight excluding hydrogens is 450 g/mol. The molecule has 2 aromatic rings. The molecular formula is C28H44ClNO2S. The Hall–Kier alpha value is -1.36. The van der Waals surface area contributed by atoms with Crippen molar-refractivity contribution < 1.29 is 8.42 Å². The molecule has 186 valence electrons. The Bertz CT molecular complexity index is 941. The number of halogens is 1. The molecule has 0 aliphatic heterocycles. The highest BCUT2D eigenvalue weighted by Gasteiger charge is 2.22. The lowest BCUT2D eigenvalue weighted by Gasteiger charge is -2.19. The minimum Gasteiger partial charge on any atom is -0.225 e. The van der Waals surface area contributed by atoms with E-state index in [1.54, 1.807) is 6.07 Å². The van der Waals surface area contributed by atoms with E-state index >= 15 is 0 Å². The number of nitrogens with two attached hydrogens (primary N) is 1. The van der Waals surface area contributed by atoms with Gasteiger partial charge in [-0.25, -0.2) is 13.6 Å². The molecule has 4 atom stereocenters. The van der Waals surface area contributed by atoms with Crippen LogP contribution in [-0.2, 0) is 10.0 Å². The second-order valence-electron chi connectivity index (χ2n) is 9.36. The monoisotopic (exact) mass is 493 g/mol. The smallest absolute Gasteiger partial charge is 0.225 e. The van der Waals surface area contributed by atoms with Crippen molar-refractivity contribution in [2.45, 2.75) is 110 Å². The van der Waals surface area contributed by atoms with Crippen LogP contribution in [0.4, 0.5) is 0 Å². The van der Waals surface area contributed by atoms with Gasteiger partial charge < -0.3 is 0 Å². The zero-order chi connectivity index (χ0) is 25.3. The Morgan fingerprint density at radius 1 is 0.697 bits per heavy atom. The molecule has 0 aliphatic rings. The predicted molar refractivity (Wildman–Crippen MR) is 144 cm³/mol.